The molecule has 0 radical (unpaired) electrons. The number of carbonyl (C=O) groups is 6. The Morgan fingerprint density at radius 2 is 1.35 bits per heavy atom. The summed E-state index contributed by atoms with van der Waals surface area (Å²) in [6.07, 6.45) is 8.45. The maximum atomic E-state index is 14.3. The number of halogens is 1. The van der Waals surface area contributed by atoms with Gasteiger partial charge in [0.1, 0.15) is 29.7 Å². The number of hydrogen-bond donors (Lipinski definition) is 8. The van der Waals surface area contributed by atoms with Gasteiger partial charge in [0.2, 0.25) is 29.5 Å². The number of amides is 5. The van der Waals surface area contributed by atoms with Crippen molar-refractivity contribution in [1.82, 2.24) is 26.6 Å². The molecule has 304 valence electrons. The Morgan fingerprint density at radius 1 is 0.796 bits per heavy atom. The van der Waals surface area contributed by atoms with Crippen molar-refractivity contribution in [3.63, 3.8) is 0 Å². The first-order valence-electron chi connectivity index (χ1n) is 19.1. The minimum Gasteiger partial charge on any atom is -0.480 e. The van der Waals surface area contributed by atoms with E-state index in [9.17, 15) is 33.9 Å². The van der Waals surface area contributed by atoms with E-state index in [1.165, 1.54) is 0 Å². The van der Waals surface area contributed by atoms with Crippen LogP contribution < -0.4 is 38.1 Å². The van der Waals surface area contributed by atoms with Gasteiger partial charge in [-0.05, 0) is 115 Å². The molecule has 15 heteroatoms. The summed E-state index contributed by atoms with van der Waals surface area (Å²) in [6.45, 7) is 9.63. The number of carboxylic acids is 1. The lowest BCUT2D eigenvalue weighted by atomic mass is 9.91. The van der Waals surface area contributed by atoms with Crippen LogP contribution in [0.3, 0.4) is 0 Å². The fraction of sp³-hybridized carbons (Fsp3) is 0.641. The number of carbonyl (C=O) groups excluding carboxylic acids is 5. The molecule has 1 aromatic carbocycles. The largest absolute Gasteiger partial charge is 0.480 e. The van der Waals surface area contributed by atoms with Gasteiger partial charge in [-0.25, -0.2) is 4.79 Å². The topological polar surface area (TPSA) is 235 Å². The molecule has 14 nitrogen and oxygen atoms in total. The van der Waals surface area contributed by atoms with Crippen molar-refractivity contribution in [1.29, 1.82) is 0 Å². The molecule has 1 unspecified atom stereocenters. The zero-order chi connectivity index (χ0) is 40.7. The predicted molar refractivity (Wildman–Crippen MR) is 214 cm³/mol. The Morgan fingerprint density at radius 3 is 1.87 bits per heavy atom. The summed E-state index contributed by atoms with van der Waals surface area (Å²) < 4.78 is 0.818. The normalized spacial score (nSPS) is 14.7. The van der Waals surface area contributed by atoms with Crippen molar-refractivity contribution in [2.24, 2.45) is 17.4 Å². The van der Waals surface area contributed by atoms with E-state index >= 15 is 0 Å². The zero-order valence-electron chi connectivity index (χ0n) is 32.7. The van der Waals surface area contributed by atoms with E-state index in [0.717, 1.165) is 4.47 Å². The summed E-state index contributed by atoms with van der Waals surface area (Å²) in [6, 6.07) is 2.88. The number of unbranched alkanes of at least 4 members (excludes halogenated alkanes) is 3. The van der Waals surface area contributed by atoms with Crippen LogP contribution in [0.15, 0.2) is 40.9 Å². The van der Waals surface area contributed by atoms with Gasteiger partial charge in [0.05, 0.1) is 0 Å². The van der Waals surface area contributed by atoms with E-state index in [-0.39, 0.29) is 43.9 Å². The quantitative estimate of drug-likeness (QED) is 0.0480. The molecule has 0 aliphatic rings. The third-order valence-corrected chi connectivity index (χ3v) is 9.51. The van der Waals surface area contributed by atoms with Crippen molar-refractivity contribution in [2.75, 3.05) is 13.1 Å². The zero-order valence-corrected chi connectivity index (χ0v) is 34.3. The second-order valence-electron chi connectivity index (χ2n) is 14.3. The van der Waals surface area contributed by atoms with Gasteiger partial charge in [0, 0.05) is 17.3 Å². The SMILES string of the molecule is C/C=C\CCCC(C)(NC(=O)[C@H](CCCCN)NC(=O)[C@H](CCCCN)NC(=O)CC)C(=O)N[C@@H](Cc1ccc(Br)cc1)C(=O)N[C@@H](CC(C)C)C(=O)O. The molecule has 0 aliphatic carbocycles. The monoisotopic (exact) mass is 821 g/mol. The molecule has 0 saturated heterocycles. The van der Waals surface area contributed by atoms with Crippen molar-refractivity contribution in [2.45, 2.75) is 141 Å². The highest BCUT2D eigenvalue weighted by Gasteiger charge is 2.39. The fourth-order valence-electron chi connectivity index (χ4n) is 5.77. The molecule has 10 N–H and O–H groups in total. The highest BCUT2D eigenvalue weighted by molar-refractivity contribution is 9.10. The maximum absolute atomic E-state index is 14.3. The van der Waals surface area contributed by atoms with Crippen LogP contribution in [0.1, 0.15) is 111 Å². The number of hydrogen-bond acceptors (Lipinski definition) is 8. The summed E-state index contributed by atoms with van der Waals surface area (Å²) >= 11 is 3.40. The molecule has 0 fully saturated rings. The molecule has 54 heavy (non-hydrogen) atoms. The Labute approximate surface area is 329 Å². The van der Waals surface area contributed by atoms with Gasteiger partial charge in [0.25, 0.3) is 0 Å². The van der Waals surface area contributed by atoms with E-state index in [0.29, 0.717) is 63.6 Å². The average Bonchev–Trinajstić information content (AvgIpc) is 3.12. The lowest BCUT2D eigenvalue weighted by Crippen LogP contribution is -2.64. The van der Waals surface area contributed by atoms with E-state index in [1.54, 1.807) is 38.1 Å². The van der Waals surface area contributed by atoms with Crippen LogP contribution in [0.25, 0.3) is 0 Å². The van der Waals surface area contributed by atoms with E-state index in [1.807, 2.05) is 32.9 Å². The molecule has 5 amide bonds. The van der Waals surface area contributed by atoms with Crippen molar-refractivity contribution < 1.29 is 33.9 Å². The van der Waals surface area contributed by atoms with Gasteiger partial charge in [-0.15, -0.1) is 0 Å². The fourth-order valence-corrected chi connectivity index (χ4v) is 6.04. The summed E-state index contributed by atoms with van der Waals surface area (Å²) in [5.74, 6) is -3.98. The van der Waals surface area contributed by atoms with E-state index < -0.39 is 59.3 Å². The van der Waals surface area contributed by atoms with Gasteiger partial charge < -0.3 is 43.2 Å². The molecule has 0 bridgehead atoms. The van der Waals surface area contributed by atoms with Crippen molar-refractivity contribution in [3.8, 4) is 0 Å². The third kappa shape index (κ3) is 18.5. The number of carboxylic acid groups (broad SMARTS) is 1. The minimum absolute atomic E-state index is 0.0241. The van der Waals surface area contributed by atoms with Crippen LogP contribution in [0.5, 0.6) is 0 Å². The first-order chi connectivity index (χ1) is 25.6. The minimum atomic E-state index is -1.55. The lowest BCUT2D eigenvalue weighted by Gasteiger charge is -2.34. The molecule has 0 saturated carbocycles. The summed E-state index contributed by atoms with van der Waals surface area (Å²) in [5.41, 5.74) is 10.5. The Kier molecular flexibility index (Phi) is 23.3. The molecule has 1 rings (SSSR count). The summed E-state index contributed by atoms with van der Waals surface area (Å²) in [5, 5.41) is 23.7. The molecule has 0 aliphatic heterocycles. The average molecular weight is 823 g/mol. The van der Waals surface area contributed by atoms with Crippen LogP contribution in [0.4, 0.5) is 0 Å². The van der Waals surface area contributed by atoms with Gasteiger partial charge >= 0.3 is 5.97 Å². The molecule has 0 aromatic heterocycles. The second-order valence-corrected chi connectivity index (χ2v) is 15.2. The number of rotatable bonds is 27. The van der Waals surface area contributed by atoms with Crippen molar-refractivity contribution in [3.05, 3.63) is 46.5 Å². The first kappa shape index (κ1) is 48.2. The Balaban J connectivity index is 3.50. The van der Waals surface area contributed by atoms with Gasteiger partial charge in [0.15, 0.2) is 0 Å². The molecule has 1 aromatic rings. The molecule has 0 spiro atoms. The van der Waals surface area contributed by atoms with Crippen LogP contribution >= 0.6 is 15.9 Å². The lowest BCUT2D eigenvalue weighted by molar-refractivity contribution is -0.143. The van der Waals surface area contributed by atoms with Crippen LogP contribution in [-0.4, -0.2) is 83.4 Å². The summed E-state index contributed by atoms with van der Waals surface area (Å²) in [7, 11) is 0. The van der Waals surface area contributed by atoms with Crippen LogP contribution in [-0.2, 0) is 35.2 Å². The van der Waals surface area contributed by atoms with Gasteiger partial charge in [-0.2, -0.15) is 0 Å². The smallest absolute Gasteiger partial charge is 0.326 e. The third-order valence-electron chi connectivity index (χ3n) is 8.98. The maximum Gasteiger partial charge on any atom is 0.326 e. The standard InChI is InChI=1S/C39H64BrN7O7/c1-6-8-9-12-21-39(5,47-36(51)30(16-11-14-23-42)44-34(49)29(15-10-13-22-41)43-33(48)7-2)38(54)46-31(25-27-17-19-28(40)20-18-27)35(50)45-32(37(52)53)24-26(3)4/h6,8,17-20,26,29-32H,7,9-16,21-25,41-42H2,1-5H3,(H,43,48)(H,44,49)(H,45,50)(H,46,54)(H,47,51)(H,52,53)/b8-6-/t29-,30-,31-,32-,39?/m0/s1. The molecule has 5 atom stereocenters. The molecule has 0 heterocycles. The van der Waals surface area contributed by atoms with Crippen LogP contribution in [0.2, 0.25) is 0 Å². The Hall–Kier alpha value is -3.82. The second kappa shape index (κ2) is 26.1. The van der Waals surface area contributed by atoms with Gasteiger partial charge in [-0.1, -0.05) is 61.0 Å². The first-order valence-corrected chi connectivity index (χ1v) is 19.9. The van der Waals surface area contributed by atoms with Crippen LogP contribution in [0, 0.1) is 5.92 Å². The van der Waals surface area contributed by atoms with Crippen molar-refractivity contribution >= 4 is 51.4 Å². The Bertz CT molecular complexity index is 1380. The molecular formula is C39H64BrN7O7. The predicted octanol–water partition coefficient (Wildman–Crippen LogP) is 3.35. The number of aliphatic carboxylic acids is 1. The number of nitrogens with one attached hydrogen (secondary N) is 5. The highest BCUT2D eigenvalue weighted by atomic mass is 79.9. The summed E-state index contributed by atoms with van der Waals surface area (Å²) in [4.78, 5) is 80.1. The number of nitrogens with two attached hydrogens (primary N) is 2. The highest BCUT2D eigenvalue weighted by Crippen LogP contribution is 2.19. The van der Waals surface area contributed by atoms with E-state index in [2.05, 4.69) is 42.5 Å². The number of benzene rings is 1. The number of allylic oxidation sites excluding steroid dienone is 2. The molecular weight excluding hydrogens is 758 g/mol. The van der Waals surface area contributed by atoms with Gasteiger partial charge in [-0.3, -0.25) is 24.0 Å². The van der Waals surface area contributed by atoms with E-state index in [4.69, 9.17) is 11.5 Å².